The number of aliphatic hydroxyl groups excluding tert-OH is 2. The van der Waals surface area contributed by atoms with Crippen LogP contribution >= 0.6 is 22.6 Å². The van der Waals surface area contributed by atoms with Crippen molar-refractivity contribution >= 4 is 40.7 Å². The second-order valence-electron chi connectivity index (χ2n) is 9.26. The molecule has 0 aromatic heterocycles. The first kappa shape index (κ1) is 27.4. The molecule has 0 aliphatic heterocycles. The highest BCUT2D eigenvalue weighted by molar-refractivity contribution is 14.1. The van der Waals surface area contributed by atoms with Crippen LogP contribution < -0.4 is 14.8 Å². The van der Waals surface area contributed by atoms with Crippen LogP contribution in [0.5, 0.6) is 11.5 Å². The average molecular weight is 600 g/mol. The highest BCUT2D eigenvalue weighted by Gasteiger charge is 2.42. The fourth-order valence-corrected chi connectivity index (χ4v) is 4.89. The molecule has 1 fully saturated rings. The number of carbonyl (C=O) groups is 3. The van der Waals surface area contributed by atoms with Crippen molar-refractivity contribution < 1.29 is 34.1 Å². The van der Waals surface area contributed by atoms with Gasteiger partial charge >= 0.3 is 0 Å². The lowest BCUT2D eigenvalue weighted by atomic mass is 9.87. The van der Waals surface area contributed by atoms with E-state index in [1.807, 2.05) is 36.4 Å². The summed E-state index contributed by atoms with van der Waals surface area (Å²) >= 11 is 2.02. The molecular formula is C25H33IN2O7. The molecule has 0 spiro atoms. The zero-order valence-corrected chi connectivity index (χ0v) is 22.4. The van der Waals surface area contributed by atoms with E-state index >= 15 is 0 Å². The molecule has 3 N–H and O–H groups in total. The van der Waals surface area contributed by atoms with Gasteiger partial charge in [0.2, 0.25) is 11.8 Å². The molecule has 2 amide bonds. The fourth-order valence-electron chi connectivity index (χ4n) is 4.14. The largest absolute Gasteiger partial charge is 0.493 e. The summed E-state index contributed by atoms with van der Waals surface area (Å²) in [5.41, 5.74) is 0.785. The molecule has 2 aliphatic carbocycles. The quantitative estimate of drug-likeness (QED) is 0.262. The van der Waals surface area contributed by atoms with Gasteiger partial charge < -0.3 is 29.9 Å². The Bertz CT molecular complexity index is 977. The Morgan fingerprint density at radius 2 is 2.03 bits per heavy atom. The summed E-state index contributed by atoms with van der Waals surface area (Å²) in [7, 11) is 1.45. The van der Waals surface area contributed by atoms with Gasteiger partial charge in [-0.2, -0.15) is 0 Å². The Morgan fingerprint density at radius 3 is 2.60 bits per heavy atom. The second kappa shape index (κ2) is 12.2. The molecule has 1 aromatic rings. The lowest BCUT2D eigenvalue weighted by Crippen LogP contribution is -2.56. The lowest BCUT2D eigenvalue weighted by Gasteiger charge is -2.41. The maximum Gasteiger partial charge on any atom is 0.247 e. The fraction of sp³-hybridized carbons (Fsp3) is 0.560. The summed E-state index contributed by atoms with van der Waals surface area (Å²) in [4.78, 5) is 39.0. The number of hydrogen-bond acceptors (Lipinski definition) is 7. The van der Waals surface area contributed by atoms with Crippen LogP contribution in [0.1, 0.15) is 43.5 Å². The second-order valence-corrected chi connectivity index (χ2v) is 10.4. The van der Waals surface area contributed by atoms with Crippen LogP contribution in [-0.2, 0) is 9.59 Å². The molecular weight excluding hydrogens is 567 g/mol. The van der Waals surface area contributed by atoms with Gasteiger partial charge in [0.15, 0.2) is 11.5 Å². The van der Waals surface area contributed by atoms with Gasteiger partial charge in [0.1, 0.15) is 18.5 Å². The van der Waals surface area contributed by atoms with Crippen LogP contribution in [-0.4, -0.2) is 78.3 Å². The van der Waals surface area contributed by atoms with E-state index < -0.39 is 18.2 Å². The Balaban J connectivity index is 1.99. The number of nitrogens with zero attached hydrogens (tertiary/aromatic N) is 1. The first-order chi connectivity index (χ1) is 16.7. The standard InChI is InChI=1S/C25H33IN2O7/c1-14(2)25(33)28(12-15-4-5-15)19-10-17(24(32)27-6-7-29)11-20(22(19)31)35-23-18(26)8-16(13-30)9-21(23)34-3/h8-9,11,13-15,19-20,22,29,31H,4-7,10,12H2,1-3H3,(H,27,32)/t19-,20+,22+/m1/s1. The molecule has 1 aromatic carbocycles. The summed E-state index contributed by atoms with van der Waals surface area (Å²) in [5.74, 6) is 0.304. The zero-order valence-electron chi connectivity index (χ0n) is 20.2. The van der Waals surface area contributed by atoms with E-state index in [-0.39, 0.29) is 37.3 Å². The Morgan fingerprint density at radius 1 is 1.31 bits per heavy atom. The van der Waals surface area contributed by atoms with Crippen molar-refractivity contribution in [3.63, 3.8) is 0 Å². The summed E-state index contributed by atoms with van der Waals surface area (Å²) in [6, 6.07) is 2.52. The Labute approximate surface area is 219 Å². The van der Waals surface area contributed by atoms with Gasteiger partial charge in [-0.1, -0.05) is 13.8 Å². The number of methoxy groups -OCH3 is 1. The molecule has 9 nitrogen and oxygen atoms in total. The van der Waals surface area contributed by atoms with E-state index in [0.29, 0.717) is 45.0 Å². The number of ether oxygens (including phenoxy) is 2. The third-order valence-electron chi connectivity index (χ3n) is 6.19. The minimum atomic E-state index is -1.10. The van der Waals surface area contributed by atoms with Crippen molar-refractivity contribution in [1.29, 1.82) is 0 Å². The van der Waals surface area contributed by atoms with Crippen LogP contribution in [0, 0.1) is 15.4 Å². The van der Waals surface area contributed by atoms with E-state index in [1.54, 1.807) is 17.0 Å². The highest BCUT2D eigenvalue weighted by atomic mass is 127. The van der Waals surface area contributed by atoms with Crippen LogP contribution in [0.2, 0.25) is 0 Å². The molecule has 10 heteroatoms. The molecule has 35 heavy (non-hydrogen) atoms. The van der Waals surface area contributed by atoms with Gasteiger partial charge in [-0.25, -0.2) is 0 Å². The van der Waals surface area contributed by atoms with Gasteiger partial charge in [0, 0.05) is 36.6 Å². The van der Waals surface area contributed by atoms with Crippen LogP contribution in [0.25, 0.3) is 0 Å². The normalized spacial score (nSPS) is 21.8. The van der Waals surface area contributed by atoms with Gasteiger partial charge in [-0.05, 0) is 59.6 Å². The summed E-state index contributed by atoms with van der Waals surface area (Å²) in [6.07, 6.45) is 2.45. The zero-order chi connectivity index (χ0) is 25.7. The molecule has 3 rings (SSSR count). The number of aliphatic hydroxyl groups is 2. The smallest absolute Gasteiger partial charge is 0.247 e. The minimum absolute atomic E-state index is 0.0841. The lowest BCUT2D eigenvalue weighted by molar-refractivity contribution is -0.142. The van der Waals surface area contributed by atoms with Crippen LogP contribution in [0.3, 0.4) is 0 Å². The number of carbonyl (C=O) groups excluding carboxylic acids is 3. The SMILES string of the molecule is COc1cc(C=O)cc(I)c1O[C@H]1C=C(C(=O)NCCO)C[C@@H](N(CC2CC2)C(=O)C(C)C)[C@@H]1O. The third-order valence-corrected chi connectivity index (χ3v) is 6.99. The molecule has 2 aliphatic rings. The Hall–Kier alpha value is -2.18. The molecule has 0 heterocycles. The highest BCUT2D eigenvalue weighted by Crippen LogP contribution is 2.38. The van der Waals surface area contributed by atoms with Crippen molar-refractivity contribution in [2.45, 2.75) is 51.4 Å². The molecule has 0 unspecified atom stereocenters. The minimum Gasteiger partial charge on any atom is -0.493 e. The van der Waals surface area contributed by atoms with Crippen molar-refractivity contribution in [1.82, 2.24) is 10.2 Å². The van der Waals surface area contributed by atoms with Gasteiger partial charge in [0.25, 0.3) is 0 Å². The van der Waals surface area contributed by atoms with Crippen molar-refractivity contribution in [2.75, 3.05) is 26.8 Å². The maximum atomic E-state index is 13.2. The monoisotopic (exact) mass is 600 g/mol. The van der Waals surface area contributed by atoms with E-state index in [2.05, 4.69) is 5.32 Å². The molecule has 0 bridgehead atoms. The molecule has 0 radical (unpaired) electrons. The van der Waals surface area contributed by atoms with Gasteiger partial charge in [-0.3, -0.25) is 14.4 Å². The van der Waals surface area contributed by atoms with Crippen molar-refractivity contribution in [3.8, 4) is 11.5 Å². The Kier molecular flexibility index (Phi) is 9.54. The number of benzene rings is 1. The third kappa shape index (κ3) is 6.73. The number of hydrogen-bond donors (Lipinski definition) is 3. The van der Waals surface area contributed by atoms with Crippen LogP contribution in [0.4, 0.5) is 0 Å². The van der Waals surface area contributed by atoms with Crippen molar-refractivity contribution in [3.05, 3.63) is 32.9 Å². The number of rotatable bonds is 11. The summed E-state index contributed by atoms with van der Waals surface area (Å²) < 4.78 is 12.2. The number of amides is 2. The van der Waals surface area contributed by atoms with E-state index in [1.165, 1.54) is 13.2 Å². The van der Waals surface area contributed by atoms with Crippen molar-refractivity contribution in [2.24, 2.45) is 11.8 Å². The summed E-state index contributed by atoms with van der Waals surface area (Å²) in [6.45, 7) is 4.04. The topological polar surface area (TPSA) is 125 Å². The number of aldehydes is 1. The first-order valence-corrected chi connectivity index (χ1v) is 12.9. The van der Waals surface area contributed by atoms with Crippen LogP contribution in [0.15, 0.2) is 23.8 Å². The molecule has 0 saturated heterocycles. The predicted molar refractivity (Wildman–Crippen MR) is 137 cm³/mol. The number of halogens is 1. The van der Waals surface area contributed by atoms with E-state index in [0.717, 1.165) is 12.8 Å². The number of nitrogens with one attached hydrogen (secondary N) is 1. The van der Waals surface area contributed by atoms with Gasteiger partial charge in [-0.15, -0.1) is 0 Å². The summed E-state index contributed by atoms with van der Waals surface area (Å²) in [5, 5.41) is 23.2. The molecule has 192 valence electrons. The molecule has 1 saturated carbocycles. The van der Waals surface area contributed by atoms with Gasteiger partial charge in [0.05, 0.1) is 23.3 Å². The first-order valence-electron chi connectivity index (χ1n) is 11.8. The maximum absolute atomic E-state index is 13.2. The predicted octanol–water partition coefficient (Wildman–Crippen LogP) is 1.92. The molecule has 3 atom stereocenters. The van der Waals surface area contributed by atoms with E-state index in [9.17, 15) is 19.5 Å². The van der Waals surface area contributed by atoms with E-state index in [4.69, 9.17) is 14.6 Å². The average Bonchev–Trinajstić information content (AvgIpc) is 3.66.